The van der Waals surface area contributed by atoms with Crippen molar-refractivity contribution in [3.63, 3.8) is 0 Å². The fraction of sp³-hybridized carbons (Fsp3) is 0.222. The number of carbonyl (C=O) groups is 2. The van der Waals surface area contributed by atoms with E-state index in [1.54, 1.807) is 24.3 Å². The molecule has 0 radical (unpaired) electrons. The third-order valence-corrected chi connectivity index (χ3v) is 3.70. The highest BCUT2D eigenvalue weighted by Crippen LogP contribution is 2.37. The smallest absolute Gasteiger partial charge is 0.231 e. The number of hydrogen-bond donors (Lipinski definition) is 1. The molecular formula is C18H16FNO4. The van der Waals surface area contributed by atoms with Gasteiger partial charge in [0.2, 0.25) is 12.7 Å². The minimum atomic E-state index is -0.331. The van der Waals surface area contributed by atoms with Gasteiger partial charge in [0.1, 0.15) is 5.82 Å². The van der Waals surface area contributed by atoms with Gasteiger partial charge in [-0.15, -0.1) is 0 Å². The lowest BCUT2D eigenvalue weighted by molar-refractivity contribution is -0.116. The summed E-state index contributed by atoms with van der Waals surface area (Å²) in [5.74, 6) is 0.190. The number of ketones is 1. The lowest BCUT2D eigenvalue weighted by atomic mass is 10.1. The Hall–Kier alpha value is -2.89. The number of anilines is 1. The highest BCUT2D eigenvalue weighted by atomic mass is 19.1. The van der Waals surface area contributed by atoms with Crippen LogP contribution >= 0.6 is 0 Å². The Morgan fingerprint density at radius 3 is 2.62 bits per heavy atom. The van der Waals surface area contributed by atoms with Crippen molar-refractivity contribution in [3.05, 3.63) is 53.3 Å². The fourth-order valence-electron chi connectivity index (χ4n) is 2.50. The van der Waals surface area contributed by atoms with Crippen LogP contribution in [0.2, 0.25) is 0 Å². The first-order valence-electron chi connectivity index (χ1n) is 7.52. The molecule has 6 heteroatoms. The number of benzene rings is 2. The lowest BCUT2D eigenvalue weighted by Crippen LogP contribution is -2.14. The van der Waals surface area contributed by atoms with Gasteiger partial charge in [-0.25, -0.2) is 4.39 Å². The van der Waals surface area contributed by atoms with Gasteiger partial charge in [0.05, 0.1) is 5.69 Å². The average molecular weight is 329 g/mol. The molecule has 0 fully saturated rings. The van der Waals surface area contributed by atoms with Crippen molar-refractivity contribution >= 4 is 17.4 Å². The second-order valence-electron chi connectivity index (χ2n) is 5.49. The van der Waals surface area contributed by atoms with E-state index in [1.165, 1.54) is 19.1 Å². The van der Waals surface area contributed by atoms with Crippen molar-refractivity contribution in [1.29, 1.82) is 0 Å². The monoisotopic (exact) mass is 329 g/mol. The maximum Gasteiger partial charge on any atom is 0.231 e. The Labute approximate surface area is 138 Å². The van der Waals surface area contributed by atoms with Gasteiger partial charge in [-0.3, -0.25) is 9.59 Å². The van der Waals surface area contributed by atoms with Gasteiger partial charge in [-0.1, -0.05) is 12.1 Å². The van der Waals surface area contributed by atoms with Gasteiger partial charge in [-0.2, -0.15) is 0 Å². The average Bonchev–Trinajstić information content (AvgIpc) is 2.99. The van der Waals surface area contributed by atoms with Crippen LogP contribution in [0.25, 0.3) is 0 Å². The normalized spacial score (nSPS) is 12.1. The van der Waals surface area contributed by atoms with Crippen molar-refractivity contribution in [2.24, 2.45) is 0 Å². The Morgan fingerprint density at radius 2 is 1.92 bits per heavy atom. The van der Waals surface area contributed by atoms with Crippen LogP contribution in [0.4, 0.5) is 10.1 Å². The number of amides is 1. The number of carbonyl (C=O) groups excluding carboxylic acids is 2. The van der Waals surface area contributed by atoms with E-state index in [1.807, 2.05) is 0 Å². The summed E-state index contributed by atoms with van der Waals surface area (Å²) in [6.07, 6.45) is 0.582. The predicted octanol–water partition coefficient (Wildman–Crippen LogP) is 3.33. The second kappa shape index (κ2) is 6.70. The minimum absolute atomic E-state index is 0.0870. The van der Waals surface area contributed by atoms with E-state index in [9.17, 15) is 14.0 Å². The summed E-state index contributed by atoms with van der Waals surface area (Å²) in [5.41, 5.74) is 1.48. The maximum atomic E-state index is 13.1. The van der Waals surface area contributed by atoms with Crippen LogP contribution in [0.3, 0.4) is 0 Å². The van der Waals surface area contributed by atoms with Crippen LogP contribution in [-0.4, -0.2) is 18.5 Å². The van der Waals surface area contributed by atoms with Crippen LogP contribution in [0.5, 0.6) is 11.5 Å². The first-order chi connectivity index (χ1) is 11.5. The summed E-state index contributed by atoms with van der Waals surface area (Å²) in [6, 6.07) is 9.27. The van der Waals surface area contributed by atoms with Gasteiger partial charge >= 0.3 is 0 Å². The third kappa shape index (κ3) is 3.53. The van der Waals surface area contributed by atoms with Crippen molar-refractivity contribution in [2.75, 3.05) is 12.1 Å². The van der Waals surface area contributed by atoms with Gasteiger partial charge in [0.25, 0.3) is 0 Å². The molecule has 24 heavy (non-hydrogen) atoms. The number of aryl methyl sites for hydroxylation is 1. The molecule has 1 N–H and O–H groups in total. The third-order valence-electron chi connectivity index (χ3n) is 3.70. The van der Waals surface area contributed by atoms with Gasteiger partial charge in [0.15, 0.2) is 17.3 Å². The standard InChI is InChI=1S/C18H16FNO4/c1-11(21)14-8-16-17(24-10-23-16)9-15(14)20-18(22)6-5-12-3-2-4-13(19)7-12/h2-4,7-9H,5-6,10H2,1H3,(H,20,22). The molecule has 0 unspecified atom stereocenters. The second-order valence-corrected chi connectivity index (χ2v) is 5.49. The van der Waals surface area contributed by atoms with E-state index < -0.39 is 0 Å². The molecule has 3 rings (SSSR count). The number of fused-ring (bicyclic) bond motifs is 1. The predicted molar refractivity (Wildman–Crippen MR) is 85.9 cm³/mol. The number of Topliss-reactive ketones (excluding diaryl/α,β-unsaturated/α-hetero) is 1. The molecule has 2 aromatic rings. The van der Waals surface area contributed by atoms with E-state index in [-0.39, 0.29) is 30.7 Å². The van der Waals surface area contributed by atoms with Crippen molar-refractivity contribution in [2.45, 2.75) is 19.8 Å². The maximum absolute atomic E-state index is 13.1. The molecule has 5 nitrogen and oxygen atoms in total. The molecule has 0 spiro atoms. The Bertz CT molecular complexity index is 804. The first kappa shape index (κ1) is 16.0. The summed E-state index contributed by atoms with van der Waals surface area (Å²) < 4.78 is 23.7. The molecular weight excluding hydrogens is 313 g/mol. The number of halogens is 1. The Morgan fingerprint density at radius 1 is 1.17 bits per heavy atom. The molecule has 0 aliphatic carbocycles. The molecule has 1 heterocycles. The molecule has 0 bridgehead atoms. The molecule has 0 saturated carbocycles. The van der Waals surface area contributed by atoms with Gasteiger partial charge < -0.3 is 14.8 Å². The van der Waals surface area contributed by atoms with Crippen molar-refractivity contribution in [1.82, 2.24) is 0 Å². The van der Waals surface area contributed by atoms with Crippen LogP contribution in [0.15, 0.2) is 36.4 Å². The van der Waals surface area contributed by atoms with Gasteiger partial charge in [-0.05, 0) is 37.1 Å². The summed E-state index contributed by atoms with van der Waals surface area (Å²) >= 11 is 0. The molecule has 2 aromatic carbocycles. The van der Waals surface area contributed by atoms with Crippen molar-refractivity contribution < 1.29 is 23.5 Å². The zero-order valence-corrected chi connectivity index (χ0v) is 13.1. The molecule has 1 aliphatic heterocycles. The summed E-state index contributed by atoms with van der Waals surface area (Å²) in [4.78, 5) is 23.9. The largest absolute Gasteiger partial charge is 0.454 e. The minimum Gasteiger partial charge on any atom is -0.454 e. The van der Waals surface area contributed by atoms with Crippen LogP contribution in [0.1, 0.15) is 29.3 Å². The molecule has 1 amide bonds. The summed E-state index contributed by atoms with van der Waals surface area (Å²) in [6.45, 7) is 1.50. The highest BCUT2D eigenvalue weighted by Gasteiger charge is 2.20. The van der Waals surface area contributed by atoms with Crippen molar-refractivity contribution in [3.8, 4) is 11.5 Å². The fourth-order valence-corrected chi connectivity index (χ4v) is 2.50. The number of nitrogens with one attached hydrogen (secondary N) is 1. The van der Waals surface area contributed by atoms with Gasteiger partial charge in [0, 0.05) is 18.1 Å². The number of ether oxygens (including phenoxy) is 2. The van der Waals surface area contributed by atoms with E-state index in [2.05, 4.69) is 5.32 Å². The topological polar surface area (TPSA) is 64.6 Å². The summed E-state index contributed by atoms with van der Waals surface area (Å²) in [7, 11) is 0. The molecule has 0 saturated heterocycles. The summed E-state index contributed by atoms with van der Waals surface area (Å²) in [5, 5.41) is 2.72. The van der Waals surface area contributed by atoms with E-state index >= 15 is 0 Å². The molecule has 124 valence electrons. The number of rotatable bonds is 5. The van der Waals surface area contributed by atoms with Crippen LogP contribution in [0, 0.1) is 5.82 Å². The number of hydrogen-bond acceptors (Lipinski definition) is 4. The Balaban J connectivity index is 1.71. The van der Waals surface area contributed by atoms with E-state index in [0.717, 1.165) is 5.56 Å². The molecule has 1 aliphatic rings. The Kier molecular flexibility index (Phi) is 4.46. The van der Waals surface area contributed by atoms with Crippen LogP contribution in [-0.2, 0) is 11.2 Å². The first-order valence-corrected chi connectivity index (χ1v) is 7.52. The van der Waals surface area contributed by atoms with E-state index in [0.29, 0.717) is 29.2 Å². The quantitative estimate of drug-likeness (QED) is 0.855. The molecule has 0 aromatic heterocycles. The van der Waals surface area contributed by atoms with E-state index in [4.69, 9.17) is 9.47 Å². The zero-order chi connectivity index (χ0) is 17.1. The van der Waals surface area contributed by atoms with Crippen LogP contribution < -0.4 is 14.8 Å². The SMILES string of the molecule is CC(=O)c1cc2c(cc1NC(=O)CCc1cccc(F)c1)OCO2. The molecule has 0 atom stereocenters. The highest BCUT2D eigenvalue weighted by molar-refractivity contribution is 6.04. The zero-order valence-electron chi connectivity index (χ0n) is 13.1. The lowest BCUT2D eigenvalue weighted by Gasteiger charge is -2.10.